The Morgan fingerprint density at radius 1 is 1.42 bits per heavy atom. The predicted octanol–water partition coefficient (Wildman–Crippen LogP) is 1.98. The van der Waals surface area contributed by atoms with Gasteiger partial charge in [-0.25, -0.2) is 4.79 Å². The van der Waals surface area contributed by atoms with Crippen molar-refractivity contribution in [3.05, 3.63) is 45.0 Å². The van der Waals surface area contributed by atoms with Gasteiger partial charge in [0.1, 0.15) is 0 Å². The average molecular weight is 330 g/mol. The van der Waals surface area contributed by atoms with Crippen molar-refractivity contribution < 1.29 is 9.32 Å². The molecule has 2 aromatic rings. The van der Waals surface area contributed by atoms with Crippen LogP contribution in [0, 0.1) is 20.8 Å². The molecule has 1 aliphatic heterocycles. The average Bonchev–Trinajstić information content (AvgIpc) is 3.14. The molecule has 1 atom stereocenters. The van der Waals surface area contributed by atoms with Crippen molar-refractivity contribution in [1.82, 2.24) is 20.0 Å². The summed E-state index contributed by atoms with van der Waals surface area (Å²) in [6, 6.07) is 1.88. The molecule has 7 heteroatoms. The minimum atomic E-state index is -0.347. The quantitative estimate of drug-likeness (QED) is 0.925. The van der Waals surface area contributed by atoms with Crippen molar-refractivity contribution in [3.8, 4) is 0 Å². The number of nitrogens with zero attached hydrogens (tertiary/aromatic N) is 3. The second-order valence-electron chi connectivity index (χ2n) is 6.35. The van der Waals surface area contributed by atoms with Gasteiger partial charge < -0.3 is 14.4 Å². The van der Waals surface area contributed by atoms with E-state index in [0.29, 0.717) is 18.5 Å². The van der Waals surface area contributed by atoms with Crippen molar-refractivity contribution in [3.63, 3.8) is 0 Å². The zero-order valence-electron chi connectivity index (χ0n) is 14.3. The van der Waals surface area contributed by atoms with Crippen LogP contribution in [-0.4, -0.2) is 32.5 Å². The fourth-order valence-electron chi connectivity index (χ4n) is 3.40. The first-order valence-corrected chi connectivity index (χ1v) is 8.25. The normalized spacial score (nSPS) is 17.5. The van der Waals surface area contributed by atoms with Gasteiger partial charge in [0.25, 0.3) is 0 Å². The molecule has 1 fully saturated rings. The van der Waals surface area contributed by atoms with Crippen molar-refractivity contribution in [2.24, 2.45) is 0 Å². The van der Waals surface area contributed by atoms with Crippen LogP contribution in [0.25, 0.3) is 0 Å². The highest BCUT2D eigenvalue weighted by Crippen LogP contribution is 2.32. The molecule has 1 aliphatic rings. The van der Waals surface area contributed by atoms with Gasteiger partial charge in [0.2, 0.25) is 5.91 Å². The number of likely N-dealkylation sites (tertiary alicyclic amines) is 1. The molecule has 0 radical (unpaired) electrons. The van der Waals surface area contributed by atoms with Crippen molar-refractivity contribution >= 4 is 5.91 Å². The lowest BCUT2D eigenvalue weighted by Gasteiger charge is -2.23. The van der Waals surface area contributed by atoms with Crippen LogP contribution in [0.1, 0.15) is 53.7 Å². The summed E-state index contributed by atoms with van der Waals surface area (Å²) in [4.78, 5) is 32.5. The van der Waals surface area contributed by atoms with Crippen LogP contribution in [0.3, 0.4) is 0 Å². The Kier molecular flexibility index (Phi) is 4.51. The molecular formula is C17H22N4O3. The molecule has 2 aromatic heterocycles. The number of amides is 1. The fourth-order valence-corrected chi connectivity index (χ4v) is 3.40. The molecule has 0 aromatic carbocycles. The molecule has 0 spiro atoms. The van der Waals surface area contributed by atoms with Gasteiger partial charge >= 0.3 is 5.69 Å². The topological polar surface area (TPSA) is 92.1 Å². The monoisotopic (exact) mass is 330 g/mol. The molecule has 3 rings (SSSR count). The molecule has 128 valence electrons. The molecule has 0 bridgehead atoms. The lowest BCUT2D eigenvalue weighted by atomic mass is 10.1. The maximum absolute atomic E-state index is 12.7. The van der Waals surface area contributed by atoms with E-state index in [-0.39, 0.29) is 17.6 Å². The third kappa shape index (κ3) is 3.25. The third-order valence-electron chi connectivity index (χ3n) is 4.59. The molecule has 1 amide bonds. The Hall–Kier alpha value is -2.44. The number of nitrogens with one attached hydrogen (secondary N) is 1. The number of aromatic nitrogens is 3. The van der Waals surface area contributed by atoms with Gasteiger partial charge in [0, 0.05) is 30.4 Å². The lowest BCUT2D eigenvalue weighted by Crippen LogP contribution is -2.30. The number of aromatic amines is 1. The zero-order valence-corrected chi connectivity index (χ0v) is 14.3. The second-order valence-corrected chi connectivity index (χ2v) is 6.35. The number of carbonyl (C=O) groups excluding carboxylic acids is 1. The second kappa shape index (κ2) is 6.59. The molecule has 0 aliphatic carbocycles. The Morgan fingerprint density at radius 3 is 2.88 bits per heavy atom. The Balaban J connectivity index is 1.70. The molecule has 0 saturated carbocycles. The van der Waals surface area contributed by atoms with Crippen LogP contribution in [0.5, 0.6) is 0 Å². The smallest absolute Gasteiger partial charge is 0.345 e. The minimum absolute atomic E-state index is 0.0189. The van der Waals surface area contributed by atoms with Crippen molar-refractivity contribution in [1.29, 1.82) is 0 Å². The van der Waals surface area contributed by atoms with Crippen LogP contribution in [-0.2, 0) is 11.2 Å². The maximum atomic E-state index is 12.7. The van der Waals surface area contributed by atoms with E-state index in [0.717, 1.165) is 42.1 Å². The van der Waals surface area contributed by atoms with Crippen LogP contribution < -0.4 is 5.69 Å². The van der Waals surface area contributed by atoms with Crippen LogP contribution in [0.2, 0.25) is 0 Å². The first kappa shape index (κ1) is 16.4. The fraction of sp³-hybridized carbons (Fsp3) is 0.529. The summed E-state index contributed by atoms with van der Waals surface area (Å²) >= 11 is 0. The first-order valence-electron chi connectivity index (χ1n) is 8.25. The van der Waals surface area contributed by atoms with E-state index in [1.54, 1.807) is 6.92 Å². The molecular weight excluding hydrogens is 308 g/mol. The molecule has 1 N–H and O–H groups in total. The zero-order chi connectivity index (χ0) is 17.3. The number of H-pyrrole nitrogens is 1. The third-order valence-corrected chi connectivity index (χ3v) is 4.59. The van der Waals surface area contributed by atoms with E-state index < -0.39 is 0 Å². The van der Waals surface area contributed by atoms with Gasteiger partial charge in [-0.05, 0) is 45.6 Å². The summed E-state index contributed by atoms with van der Waals surface area (Å²) in [7, 11) is 0. The summed E-state index contributed by atoms with van der Waals surface area (Å²) in [5, 5.41) is 3.93. The van der Waals surface area contributed by atoms with Gasteiger partial charge in [-0.2, -0.15) is 4.98 Å². The number of hydrogen-bond acceptors (Lipinski definition) is 5. The Bertz CT molecular complexity index is 782. The highest BCUT2D eigenvalue weighted by atomic mass is 16.5. The predicted molar refractivity (Wildman–Crippen MR) is 87.6 cm³/mol. The number of carbonyl (C=O) groups is 1. The highest BCUT2D eigenvalue weighted by molar-refractivity contribution is 5.77. The largest absolute Gasteiger partial charge is 0.359 e. The molecule has 24 heavy (non-hydrogen) atoms. The Labute approximate surface area is 140 Å². The molecule has 7 nitrogen and oxygen atoms in total. The van der Waals surface area contributed by atoms with Crippen molar-refractivity contribution in [2.45, 2.75) is 52.5 Å². The summed E-state index contributed by atoms with van der Waals surface area (Å²) in [5.41, 5.74) is 2.89. The Morgan fingerprint density at radius 2 is 2.21 bits per heavy atom. The van der Waals surface area contributed by atoms with E-state index in [2.05, 4.69) is 15.1 Å². The summed E-state index contributed by atoms with van der Waals surface area (Å²) in [5.74, 6) is 0.855. The minimum Gasteiger partial charge on any atom is -0.359 e. The van der Waals surface area contributed by atoms with Gasteiger partial charge in [-0.1, -0.05) is 5.16 Å². The number of rotatable bonds is 4. The lowest BCUT2D eigenvalue weighted by molar-refractivity contribution is -0.132. The van der Waals surface area contributed by atoms with Crippen LogP contribution in [0.15, 0.2) is 15.4 Å². The van der Waals surface area contributed by atoms with Gasteiger partial charge in [-0.15, -0.1) is 0 Å². The van der Waals surface area contributed by atoms with Gasteiger partial charge in [0.05, 0.1) is 11.7 Å². The maximum Gasteiger partial charge on any atom is 0.345 e. The van der Waals surface area contributed by atoms with Gasteiger partial charge in [-0.3, -0.25) is 4.79 Å². The summed E-state index contributed by atoms with van der Waals surface area (Å²) < 4.78 is 5.35. The van der Waals surface area contributed by atoms with Crippen LogP contribution >= 0.6 is 0 Å². The van der Waals surface area contributed by atoms with Crippen LogP contribution in [0.4, 0.5) is 0 Å². The molecule has 0 unspecified atom stereocenters. The van der Waals surface area contributed by atoms with E-state index in [1.165, 1.54) is 0 Å². The first-order chi connectivity index (χ1) is 11.5. The summed E-state index contributed by atoms with van der Waals surface area (Å²) in [6.07, 6.45) is 2.82. The van der Waals surface area contributed by atoms with E-state index in [1.807, 2.05) is 24.8 Å². The van der Waals surface area contributed by atoms with E-state index >= 15 is 0 Å². The summed E-state index contributed by atoms with van der Waals surface area (Å²) in [6.45, 7) is 6.26. The van der Waals surface area contributed by atoms with Crippen molar-refractivity contribution in [2.75, 3.05) is 6.54 Å². The van der Waals surface area contributed by atoms with E-state index in [9.17, 15) is 9.59 Å². The highest BCUT2D eigenvalue weighted by Gasteiger charge is 2.32. The van der Waals surface area contributed by atoms with Gasteiger partial charge in [0.15, 0.2) is 5.76 Å². The van der Waals surface area contributed by atoms with E-state index in [4.69, 9.17) is 4.52 Å². The SMILES string of the molecule is Cc1cc([C@@H]2CCCN2C(=O)CCc2c(C)nc(=O)[nH]c2C)on1. The molecule has 3 heterocycles. The number of aryl methyl sites for hydroxylation is 3. The molecule has 1 saturated heterocycles. The standard InChI is InChI=1S/C17H22N4O3/c1-10-9-15(24-20-10)14-5-4-8-21(14)16(22)7-6-13-11(2)18-17(23)19-12(13)3/h9,14H,4-8H2,1-3H3,(H,18,19,23)/t14-/m0/s1. The number of hydrogen-bond donors (Lipinski definition) is 1.